The van der Waals surface area contributed by atoms with Gasteiger partial charge in [0.25, 0.3) is 0 Å². The molecule has 0 amide bonds. The molecule has 18 heavy (non-hydrogen) atoms. The molecular formula is C12H19BrN4O. The number of nitrogens with zero attached hydrogens (tertiary/aromatic N) is 3. The molecule has 1 rings (SSSR count). The van der Waals surface area contributed by atoms with Crippen LogP contribution in [0.2, 0.25) is 0 Å². The molecule has 0 fully saturated rings. The van der Waals surface area contributed by atoms with Crippen molar-refractivity contribution in [2.24, 2.45) is 5.73 Å². The van der Waals surface area contributed by atoms with E-state index < -0.39 is 6.04 Å². The van der Waals surface area contributed by atoms with E-state index in [4.69, 9.17) is 5.73 Å². The Labute approximate surface area is 116 Å². The molecule has 0 aromatic carbocycles. The van der Waals surface area contributed by atoms with E-state index >= 15 is 0 Å². The van der Waals surface area contributed by atoms with Crippen molar-refractivity contribution in [3.8, 4) is 0 Å². The van der Waals surface area contributed by atoms with Gasteiger partial charge in [-0.25, -0.2) is 0 Å². The van der Waals surface area contributed by atoms with Gasteiger partial charge in [0, 0.05) is 6.54 Å². The number of nitrogens with two attached hydrogens (primary N) is 1. The fourth-order valence-electron chi connectivity index (χ4n) is 1.53. The molecule has 2 N–H and O–H groups in total. The van der Waals surface area contributed by atoms with E-state index in [2.05, 4.69) is 27.6 Å². The zero-order valence-corrected chi connectivity index (χ0v) is 12.4. The lowest BCUT2D eigenvalue weighted by Gasteiger charge is -2.13. The normalized spacial score (nSPS) is 12.7. The highest BCUT2D eigenvalue weighted by Crippen LogP contribution is 2.18. The van der Waals surface area contributed by atoms with E-state index in [0.29, 0.717) is 23.1 Å². The summed E-state index contributed by atoms with van der Waals surface area (Å²) in [5.41, 5.74) is 6.35. The van der Waals surface area contributed by atoms with Crippen LogP contribution in [0.25, 0.3) is 0 Å². The third kappa shape index (κ3) is 3.76. The Morgan fingerprint density at radius 3 is 2.94 bits per heavy atom. The number of hydrogen-bond acceptors (Lipinski definition) is 4. The molecule has 1 aromatic rings. The van der Waals surface area contributed by atoms with Crippen molar-refractivity contribution in [2.45, 2.75) is 19.0 Å². The molecule has 1 atom stereocenters. The van der Waals surface area contributed by atoms with Gasteiger partial charge in [-0.2, -0.15) is 5.10 Å². The third-order valence-corrected chi connectivity index (χ3v) is 3.12. The number of likely N-dealkylation sites (N-methyl/N-ethyl adjacent to an activating group) is 1. The molecule has 0 spiro atoms. The maximum Gasteiger partial charge on any atom is 0.198 e. The van der Waals surface area contributed by atoms with Crippen LogP contribution >= 0.6 is 15.9 Å². The summed E-state index contributed by atoms with van der Waals surface area (Å²) in [5.74, 6) is -0.113. The Balaban J connectivity index is 2.89. The molecule has 5 nitrogen and oxygen atoms in total. The van der Waals surface area contributed by atoms with Gasteiger partial charge < -0.3 is 10.6 Å². The molecular weight excluding hydrogens is 296 g/mol. The van der Waals surface area contributed by atoms with Crippen LogP contribution < -0.4 is 5.73 Å². The van der Waals surface area contributed by atoms with Crippen molar-refractivity contribution >= 4 is 21.7 Å². The predicted molar refractivity (Wildman–Crippen MR) is 75.6 cm³/mol. The number of carbonyl (C=O) groups is 1. The molecule has 0 aliphatic carbocycles. The molecule has 0 aliphatic heterocycles. The maximum atomic E-state index is 12.2. The third-order valence-electron chi connectivity index (χ3n) is 2.54. The first-order valence-electron chi connectivity index (χ1n) is 5.74. The summed E-state index contributed by atoms with van der Waals surface area (Å²) >= 11 is 3.35. The maximum absolute atomic E-state index is 12.2. The summed E-state index contributed by atoms with van der Waals surface area (Å²) in [6, 6.07) is -0.561. The van der Waals surface area contributed by atoms with E-state index in [1.165, 1.54) is 0 Å². The van der Waals surface area contributed by atoms with Crippen LogP contribution in [0.5, 0.6) is 0 Å². The van der Waals surface area contributed by atoms with Gasteiger partial charge in [-0.3, -0.25) is 9.48 Å². The van der Waals surface area contributed by atoms with Gasteiger partial charge in [0.2, 0.25) is 0 Å². The molecule has 0 bridgehead atoms. The second-order valence-electron chi connectivity index (χ2n) is 4.36. The highest BCUT2D eigenvalue weighted by molar-refractivity contribution is 9.10. The van der Waals surface area contributed by atoms with Gasteiger partial charge >= 0.3 is 0 Å². The van der Waals surface area contributed by atoms with Crippen LogP contribution in [0.15, 0.2) is 23.3 Å². The Hall–Kier alpha value is -0.980. The van der Waals surface area contributed by atoms with Crippen molar-refractivity contribution < 1.29 is 4.79 Å². The van der Waals surface area contributed by atoms with Crippen molar-refractivity contribution in [2.75, 3.05) is 20.6 Å². The lowest BCUT2D eigenvalue weighted by atomic mass is 10.1. The molecule has 1 aromatic heterocycles. The highest BCUT2D eigenvalue weighted by atomic mass is 79.9. The number of Topliss-reactive ketones (excluding diaryl/α,β-unsaturated/α-hetero) is 1. The van der Waals surface area contributed by atoms with E-state index in [1.54, 1.807) is 17.0 Å². The summed E-state index contributed by atoms with van der Waals surface area (Å²) in [6.45, 7) is 5.06. The highest BCUT2D eigenvalue weighted by Gasteiger charge is 2.22. The zero-order valence-electron chi connectivity index (χ0n) is 10.8. The minimum Gasteiger partial charge on any atom is -0.321 e. The minimum atomic E-state index is -0.561. The molecule has 0 saturated carbocycles. The first-order valence-corrected chi connectivity index (χ1v) is 6.53. The largest absolute Gasteiger partial charge is 0.321 e. The van der Waals surface area contributed by atoms with E-state index in [1.807, 2.05) is 19.0 Å². The van der Waals surface area contributed by atoms with Gasteiger partial charge in [-0.05, 0) is 36.4 Å². The Morgan fingerprint density at radius 1 is 1.72 bits per heavy atom. The smallest absolute Gasteiger partial charge is 0.198 e. The SMILES string of the molecule is C=CCC(N)C(=O)c1c(Br)cnn1CCN(C)C. The van der Waals surface area contributed by atoms with E-state index in [9.17, 15) is 4.79 Å². The summed E-state index contributed by atoms with van der Waals surface area (Å²) in [4.78, 5) is 14.2. The number of rotatable bonds is 7. The second-order valence-corrected chi connectivity index (χ2v) is 5.22. The van der Waals surface area contributed by atoms with Crippen LogP contribution in [0.3, 0.4) is 0 Å². The van der Waals surface area contributed by atoms with Gasteiger partial charge in [0.1, 0.15) is 5.69 Å². The van der Waals surface area contributed by atoms with E-state index in [-0.39, 0.29) is 5.78 Å². The first kappa shape index (κ1) is 15.1. The molecule has 6 heteroatoms. The summed E-state index contributed by atoms with van der Waals surface area (Å²) in [7, 11) is 3.95. The number of ketones is 1. The van der Waals surface area contributed by atoms with Crippen molar-refractivity contribution in [3.63, 3.8) is 0 Å². The van der Waals surface area contributed by atoms with Gasteiger partial charge in [0.05, 0.1) is 23.3 Å². The Bertz CT molecular complexity index is 428. The molecule has 0 saturated heterocycles. The fraction of sp³-hybridized carbons (Fsp3) is 0.500. The number of carbonyl (C=O) groups excluding carboxylic acids is 1. The first-order chi connectivity index (χ1) is 8.47. The van der Waals surface area contributed by atoms with Gasteiger partial charge in [-0.1, -0.05) is 6.08 Å². The Morgan fingerprint density at radius 2 is 2.39 bits per heavy atom. The van der Waals surface area contributed by atoms with Gasteiger partial charge in [0.15, 0.2) is 5.78 Å². The van der Waals surface area contributed by atoms with Crippen LogP contribution in [0.1, 0.15) is 16.9 Å². The molecule has 0 aliphatic rings. The number of hydrogen-bond donors (Lipinski definition) is 1. The molecule has 1 heterocycles. The molecule has 1 unspecified atom stereocenters. The van der Waals surface area contributed by atoms with Crippen LogP contribution in [0.4, 0.5) is 0 Å². The van der Waals surface area contributed by atoms with E-state index in [0.717, 1.165) is 6.54 Å². The number of aromatic nitrogens is 2. The predicted octanol–water partition coefficient (Wildman–Crippen LogP) is 1.29. The van der Waals surface area contributed by atoms with Crippen LogP contribution in [-0.4, -0.2) is 47.1 Å². The lowest BCUT2D eigenvalue weighted by Crippen LogP contribution is -2.32. The average molecular weight is 315 g/mol. The molecule has 0 radical (unpaired) electrons. The summed E-state index contributed by atoms with van der Waals surface area (Å²) in [5, 5.41) is 4.19. The second kappa shape index (κ2) is 6.82. The standard InChI is InChI=1S/C12H19BrN4O/c1-4-5-10(14)12(18)11-9(13)8-15-17(11)7-6-16(2)3/h4,8,10H,1,5-7,14H2,2-3H3. The molecule has 100 valence electrons. The quantitative estimate of drug-likeness (QED) is 0.608. The summed E-state index contributed by atoms with van der Waals surface area (Å²) in [6.07, 6.45) is 3.74. The minimum absolute atomic E-state index is 0.113. The summed E-state index contributed by atoms with van der Waals surface area (Å²) < 4.78 is 2.38. The fourth-order valence-corrected chi connectivity index (χ4v) is 2.03. The lowest BCUT2D eigenvalue weighted by molar-refractivity contribution is 0.0950. The topological polar surface area (TPSA) is 64.2 Å². The average Bonchev–Trinajstić information content (AvgIpc) is 2.67. The number of halogens is 1. The van der Waals surface area contributed by atoms with Gasteiger partial charge in [-0.15, -0.1) is 6.58 Å². The van der Waals surface area contributed by atoms with Crippen LogP contribution in [0, 0.1) is 0 Å². The van der Waals surface area contributed by atoms with Crippen molar-refractivity contribution in [1.82, 2.24) is 14.7 Å². The van der Waals surface area contributed by atoms with Crippen LogP contribution in [-0.2, 0) is 6.54 Å². The monoisotopic (exact) mass is 314 g/mol. The zero-order chi connectivity index (χ0) is 13.7. The van der Waals surface area contributed by atoms with Crippen molar-refractivity contribution in [3.05, 3.63) is 29.0 Å². The Kier molecular flexibility index (Phi) is 5.71. The van der Waals surface area contributed by atoms with Crippen molar-refractivity contribution in [1.29, 1.82) is 0 Å².